The van der Waals surface area contributed by atoms with Gasteiger partial charge in [-0.1, -0.05) is 18.2 Å². The molecule has 2 aromatic rings. The molecule has 2 N–H and O–H groups in total. The van der Waals surface area contributed by atoms with Gasteiger partial charge in [-0.25, -0.2) is 4.39 Å². The van der Waals surface area contributed by atoms with E-state index in [1.807, 2.05) is 11.4 Å². The quantitative estimate of drug-likeness (QED) is 0.915. The summed E-state index contributed by atoms with van der Waals surface area (Å²) in [5, 5.41) is 1.86. The Hall–Kier alpha value is -1.72. The third kappa shape index (κ3) is 3.00. The highest BCUT2D eigenvalue weighted by Crippen LogP contribution is 2.23. The van der Waals surface area contributed by atoms with E-state index in [2.05, 4.69) is 0 Å². The summed E-state index contributed by atoms with van der Waals surface area (Å²) < 4.78 is 18.8. The smallest absolute Gasteiger partial charge is 0.168 e. The molecule has 3 nitrogen and oxygen atoms in total. The topological polar surface area (TPSA) is 52.3 Å². The van der Waals surface area contributed by atoms with E-state index in [4.69, 9.17) is 10.5 Å². The van der Waals surface area contributed by atoms with E-state index in [1.165, 1.54) is 24.5 Å². The summed E-state index contributed by atoms with van der Waals surface area (Å²) in [4.78, 5) is 12.8. The molecule has 19 heavy (non-hydrogen) atoms. The number of ketones is 1. The van der Waals surface area contributed by atoms with Gasteiger partial charge in [-0.2, -0.15) is 0 Å². The zero-order valence-electron chi connectivity index (χ0n) is 10.4. The van der Waals surface area contributed by atoms with Gasteiger partial charge in [-0.3, -0.25) is 4.79 Å². The van der Waals surface area contributed by atoms with Crippen LogP contribution < -0.4 is 10.5 Å². The SMILES string of the molecule is COc1cccc(CC(=O)C(N)c2cccs2)c1F. The Morgan fingerprint density at radius 1 is 1.42 bits per heavy atom. The molecule has 1 aromatic heterocycles. The van der Waals surface area contributed by atoms with E-state index in [-0.39, 0.29) is 18.0 Å². The second kappa shape index (κ2) is 5.95. The minimum absolute atomic E-state index is 0.0396. The van der Waals surface area contributed by atoms with Crippen molar-refractivity contribution in [2.75, 3.05) is 7.11 Å². The maximum atomic E-state index is 13.9. The molecule has 5 heteroatoms. The standard InChI is InChI=1S/C14H14FNO2S/c1-18-11-5-2-4-9(13(11)15)8-10(17)14(16)12-6-3-7-19-12/h2-7,14H,8,16H2,1H3. The third-order valence-corrected chi connectivity index (χ3v) is 3.78. The first-order valence-electron chi connectivity index (χ1n) is 5.76. The number of carbonyl (C=O) groups is 1. The van der Waals surface area contributed by atoms with Gasteiger partial charge in [-0.05, 0) is 23.1 Å². The van der Waals surface area contributed by atoms with Crippen LogP contribution in [0.4, 0.5) is 4.39 Å². The van der Waals surface area contributed by atoms with E-state index < -0.39 is 11.9 Å². The molecule has 1 atom stereocenters. The fraction of sp³-hybridized carbons (Fsp3) is 0.214. The van der Waals surface area contributed by atoms with E-state index in [9.17, 15) is 9.18 Å². The number of methoxy groups -OCH3 is 1. The van der Waals surface area contributed by atoms with Crippen molar-refractivity contribution in [3.05, 3.63) is 52.0 Å². The highest BCUT2D eigenvalue weighted by Gasteiger charge is 2.19. The lowest BCUT2D eigenvalue weighted by molar-refractivity contribution is -0.119. The van der Waals surface area contributed by atoms with Crippen LogP contribution in [0, 0.1) is 5.82 Å². The van der Waals surface area contributed by atoms with Crippen LogP contribution in [-0.4, -0.2) is 12.9 Å². The first kappa shape index (κ1) is 13.7. The van der Waals surface area contributed by atoms with Crippen molar-refractivity contribution in [1.29, 1.82) is 0 Å². The molecule has 0 aliphatic heterocycles. The molecule has 0 radical (unpaired) electrons. The minimum Gasteiger partial charge on any atom is -0.494 e. The van der Waals surface area contributed by atoms with Crippen LogP contribution >= 0.6 is 11.3 Å². The highest BCUT2D eigenvalue weighted by atomic mass is 32.1. The molecular weight excluding hydrogens is 265 g/mol. The maximum absolute atomic E-state index is 13.9. The molecule has 1 heterocycles. The predicted molar refractivity (Wildman–Crippen MR) is 72.9 cm³/mol. The summed E-state index contributed by atoms with van der Waals surface area (Å²) >= 11 is 1.42. The molecule has 0 aliphatic carbocycles. The van der Waals surface area contributed by atoms with Crippen LogP contribution in [0.15, 0.2) is 35.7 Å². The van der Waals surface area contributed by atoms with Crippen LogP contribution in [0.3, 0.4) is 0 Å². The zero-order valence-corrected chi connectivity index (χ0v) is 11.2. The lowest BCUT2D eigenvalue weighted by Gasteiger charge is -2.10. The molecule has 0 amide bonds. The van der Waals surface area contributed by atoms with E-state index in [0.29, 0.717) is 5.56 Å². The molecule has 0 saturated heterocycles. The summed E-state index contributed by atoms with van der Waals surface area (Å²) in [5.74, 6) is -0.582. The lowest BCUT2D eigenvalue weighted by atomic mass is 10.0. The zero-order chi connectivity index (χ0) is 13.8. The number of carbonyl (C=O) groups excluding carboxylic acids is 1. The van der Waals surface area contributed by atoms with Crippen LogP contribution in [0.2, 0.25) is 0 Å². The summed E-state index contributed by atoms with van der Waals surface area (Å²) in [6.45, 7) is 0. The first-order chi connectivity index (χ1) is 9.13. The van der Waals surface area contributed by atoms with Gasteiger partial charge in [0, 0.05) is 11.3 Å². The molecule has 100 valence electrons. The molecule has 0 spiro atoms. The second-order valence-corrected chi connectivity index (χ2v) is 5.05. The Morgan fingerprint density at radius 3 is 2.84 bits per heavy atom. The van der Waals surface area contributed by atoms with Crippen LogP contribution in [0.25, 0.3) is 0 Å². The van der Waals surface area contributed by atoms with Crippen molar-refractivity contribution >= 4 is 17.1 Å². The molecule has 0 saturated carbocycles. The Balaban J connectivity index is 2.15. The van der Waals surface area contributed by atoms with E-state index in [1.54, 1.807) is 18.2 Å². The predicted octanol–water partition coefficient (Wildman–Crippen LogP) is 2.71. The Kier molecular flexibility index (Phi) is 4.29. The van der Waals surface area contributed by atoms with Crippen molar-refractivity contribution < 1.29 is 13.9 Å². The number of Topliss-reactive ketones (excluding diaryl/α,β-unsaturated/α-hetero) is 1. The summed E-state index contributed by atoms with van der Waals surface area (Å²) in [5.41, 5.74) is 6.16. The van der Waals surface area contributed by atoms with Crippen molar-refractivity contribution in [1.82, 2.24) is 0 Å². The van der Waals surface area contributed by atoms with Gasteiger partial charge in [0.25, 0.3) is 0 Å². The second-order valence-electron chi connectivity index (χ2n) is 4.07. The number of ether oxygens (including phenoxy) is 1. The van der Waals surface area contributed by atoms with Crippen LogP contribution in [0.1, 0.15) is 16.5 Å². The Morgan fingerprint density at radius 2 is 2.21 bits per heavy atom. The van der Waals surface area contributed by atoms with E-state index >= 15 is 0 Å². The molecule has 1 aromatic carbocycles. The molecule has 0 aliphatic rings. The molecular formula is C14H14FNO2S. The monoisotopic (exact) mass is 279 g/mol. The molecule has 0 fully saturated rings. The fourth-order valence-corrected chi connectivity index (χ4v) is 2.52. The summed E-state index contributed by atoms with van der Waals surface area (Å²) in [6.07, 6.45) is -0.0396. The van der Waals surface area contributed by atoms with Crippen molar-refractivity contribution in [2.24, 2.45) is 5.73 Å². The molecule has 1 unspecified atom stereocenters. The fourth-order valence-electron chi connectivity index (χ4n) is 1.77. The van der Waals surface area contributed by atoms with Gasteiger partial charge in [0.2, 0.25) is 0 Å². The van der Waals surface area contributed by atoms with Gasteiger partial charge in [0.15, 0.2) is 17.3 Å². The Labute approximate surface area is 114 Å². The average molecular weight is 279 g/mol. The maximum Gasteiger partial charge on any atom is 0.168 e. The van der Waals surface area contributed by atoms with Gasteiger partial charge >= 0.3 is 0 Å². The lowest BCUT2D eigenvalue weighted by Crippen LogP contribution is -2.22. The van der Waals surface area contributed by atoms with Crippen molar-refractivity contribution in [3.8, 4) is 5.75 Å². The highest BCUT2D eigenvalue weighted by molar-refractivity contribution is 7.10. The van der Waals surface area contributed by atoms with Gasteiger partial charge in [0.05, 0.1) is 13.2 Å². The van der Waals surface area contributed by atoms with Crippen LogP contribution in [0.5, 0.6) is 5.75 Å². The number of rotatable bonds is 5. The number of halogens is 1. The third-order valence-electron chi connectivity index (χ3n) is 2.82. The van der Waals surface area contributed by atoms with Gasteiger partial charge in [-0.15, -0.1) is 11.3 Å². The summed E-state index contributed by atoms with van der Waals surface area (Å²) in [6, 6.07) is 7.67. The molecule has 2 rings (SSSR count). The minimum atomic E-state index is -0.703. The number of nitrogens with two attached hydrogens (primary N) is 1. The molecule has 0 bridgehead atoms. The summed E-state index contributed by atoms with van der Waals surface area (Å²) in [7, 11) is 1.39. The first-order valence-corrected chi connectivity index (χ1v) is 6.64. The number of benzene rings is 1. The average Bonchev–Trinajstić information content (AvgIpc) is 2.94. The largest absolute Gasteiger partial charge is 0.494 e. The van der Waals surface area contributed by atoms with Crippen molar-refractivity contribution in [2.45, 2.75) is 12.5 Å². The van der Waals surface area contributed by atoms with Gasteiger partial charge in [0.1, 0.15) is 0 Å². The van der Waals surface area contributed by atoms with Crippen molar-refractivity contribution in [3.63, 3.8) is 0 Å². The number of hydrogen-bond acceptors (Lipinski definition) is 4. The van der Waals surface area contributed by atoms with Gasteiger partial charge < -0.3 is 10.5 Å². The Bertz CT molecular complexity index is 569. The van der Waals surface area contributed by atoms with Crippen LogP contribution in [-0.2, 0) is 11.2 Å². The normalized spacial score (nSPS) is 12.2. The number of thiophene rings is 1. The van der Waals surface area contributed by atoms with E-state index in [0.717, 1.165) is 4.88 Å². The number of hydrogen-bond donors (Lipinski definition) is 1.